The van der Waals surface area contributed by atoms with E-state index < -0.39 is 0 Å². The SMILES string of the molecule is O=C(NC[C@H]1CCN(Cc2c(Cl)cccc2Cl)C1)C1CC1. The van der Waals surface area contributed by atoms with Gasteiger partial charge in [0.05, 0.1) is 0 Å². The zero-order valence-electron chi connectivity index (χ0n) is 11.9. The van der Waals surface area contributed by atoms with Gasteiger partial charge in [0.25, 0.3) is 0 Å². The molecule has 1 aromatic rings. The smallest absolute Gasteiger partial charge is 0.223 e. The van der Waals surface area contributed by atoms with Crippen molar-refractivity contribution in [2.24, 2.45) is 11.8 Å². The number of carbonyl (C=O) groups is 1. The number of likely N-dealkylation sites (tertiary alicyclic amines) is 1. The van der Waals surface area contributed by atoms with Crippen molar-refractivity contribution in [1.29, 1.82) is 0 Å². The van der Waals surface area contributed by atoms with Crippen LogP contribution in [0.4, 0.5) is 0 Å². The lowest BCUT2D eigenvalue weighted by atomic mass is 10.1. The molecule has 21 heavy (non-hydrogen) atoms. The van der Waals surface area contributed by atoms with Gasteiger partial charge in [0.1, 0.15) is 0 Å². The molecule has 1 saturated heterocycles. The monoisotopic (exact) mass is 326 g/mol. The zero-order chi connectivity index (χ0) is 14.8. The highest BCUT2D eigenvalue weighted by Crippen LogP contribution is 2.30. The Morgan fingerprint density at radius 3 is 2.62 bits per heavy atom. The van der Waals surface area contributed by atoms with Crippen molar-refractivity contribution in [2.75, 3.05) is 19.6 Å². The maximum atomic E-state index is 11.7. The highest BCUT2D eigenvalue weighted by molar-refractivity contribution is 6.35. The van der Waals surface area contributed by atoms with Crippen LogP contribution < -0.4 is 5.32 Å². The quantitative estimate of drug-likeness (QED) is 0.900. The van der Waals surface area contributed by atoms with Gasteiger partial charge in [-0.2, -0.15) is 0 Å². The number of hydrogen-bond acceptors (Lipinski definition) is 2. The summed E-state index contributed by atoms with van der Waals surface area (Å²) >= 11 is 12.4. The summed E-state index contributed by atoms with van der Waals surface area (Å²) < 4.78 is 0. The highest BCUT2D eigenvalue weighted by Gasteiger charge is 2.30. The first-order chi connectivity index (χ1) is 10.1. The summed E-state index contributed by atoms with van der Waals surface area (Å²) in [5.74, 6) is 1.07. The van der Waals surface area contributed by atoms with Gasteiger partial charge in [0.15, 0.2) is 0 Å². The molecule has 0 bridgehead atoms. The summed E-state index contributed by atoms with van der Waals surface area (Å²) in [4.78, 5) is 14.0. The topological polar surface area (TPSA) is 32.3 Å². The van der Waals surface area contributed by atoms with E-state index in [9.17, 15) is 4.79 Å². The molecule has 1 amide bonds. The Labute approximate surface area is 135 Å². The largest absolute Gasteiger partial charge is 0.356 e. The van der Waals surface area contributed by atoms with Crippen LogP contribution in [-0.4, -0.2) is 30.4 Å². The molecule has 1 aliphatic carbocycles. The molecule has 1 atom stereocenters. The summed E-state index contributed by atoms with van der Waals surface area (Å²) in [5.41, 5.74) is 1.00. The van der Waals surface area contributed by atoms with Crippen LogP contribution in [0.5, 0.6) is 0 Å². The Hall–Kier alpha value is -0.770. The molecule has 1 saturated carbocycles. The van der Waals surface area contributed by atoms with Crippen molar-refractivity contribution >= 4 is 29.1 Å². The van der Waals surface area contributed by atoms with E-state index in [1.165, 1.54) is 0 Å². The number of benzene rings is 1. The molecule has 0 spiro atoms. The normalized spacial score (nSPS) is 22.5. The minimum Gasteiger partial charge on any atom is -0.356 e. The van der Waals surface area contributed by atoms with Crippen LogP contribution in [0.25, 0.3) is 0 Å². The van der Waals surface area contributed by atoms with Crippen LogP contribution in [0.2, 0.25) is 10.0 Å². The van der Waals surface area contributed by atoms with E-state index in [4.69, 9.17) is 23.2 Å². The lowest BCUT2D eigenvalue weighted by Crippen LogP contribution is -2.31. The lowest BCUT2D eigenvalue weighted by molar-refractivity contribution is -0.122. The first-order valence-corrected chi connectivity index (χ1v) is 8.32. The van der Waals surface area contributed by atoms with E-state index in [0.717, 1.165) is 61.1 Å². The Kier molecular flexibility index (Phi) is 4.72. The van der Waals surface area contributed by atoms with Crippen LogP contribution in [0.1, 0.15) is 24.8 Å². The van der Waals surface area contributed by atoms with Crippen LogP contribution in [0, 0.1) is 11.8 Å². The van der Waals surface area contributed by atoms with Gasteiger partial charge < -0.3 is 5.32 Å². The van der Waals surface area contributed by atoms with Crippen molar-refractivity contribution in [3.05, 3.63) is 33.8 Å². The number of carbonyl (C=O) groups excluding carboxylic acids is 1. The second-order valence-electron chi connectivity index (χ2n) is 6.11. The maximum absolute atomic E-state index is 11.7. The molecule has 0 radical (unpaired) electrons. The average Bonchev–Trinajstić information content (AvgIpc) is 3.21. The second kappa shape index (κ2) is 6.55. The summed E-state index contributed by atoms with van der Waals surface area (Å²) in [6, 6.07) is 5.63. The summed E-state index contributed by atoms with van der Waals surface area (Å²) in [5, 5.41) is 4.54. The van der Waals surface area contributed by atoms with Gasteiger partial charge in [-0.3, -0.25) is 9.69 Å². The highest BCUT2D eigenvalue weighted by atomic mass is 35.5. The molecule has 0 aromatic heterocycles. The Balaban J connectivity index is 1.49. The van der Waals surface area contributed by atoms with E-state index in [1.807, 2.05) is 18.2 Å². The number of nitrogens with zero attached hydrogens (tertiary/aromatic N) is 1. The van der Waals surface area contributed by atoms with Crippen molar-refractivity contribution in [3.8, 4) is 0 Å². The van der Waals surface area contributed by atoms with Crippen LogP contribution >= 0.6 is 23.2 Å². The maximum Gasteiger partial charge on any atom is 0.223 e. The lowest BCUT2D eigenvalue weighted by Gasteiger charge is -2.18. The van der Waals surface area contributed by atoms with Crippen LogP contribution in [-0.2, 0) is 11.3 Å². The molecule has 1 N–H and O–H groups in total. The van der Waals surface area contributed by atoms with Crippen molar-refractivity contribution in [2.45, 2.75) is 25.8 Å². The van der Waals surface area contributed by atoms with Crippen molar-refractivity contribution in [3.63, 3.8) is 0 Å². The molecular weight excluding hydrogens is 307 g/mol. The molecule has 3 rings (SSSR count). The van der Waals surface area contributed by atoms with E-state index >= 15 is 0 Å². The minimum absolute atomic E-state index is 0.239. The molecule has 0 unspecified atom stereocenters. The third-order valence-corrected chi connectivity index (χ3v) is 5.03. The fourth-order valence-corrected chi connectivity index (χ4v) is 3.38. The molecule has 1 heterocycles. The Morgan fingerprint density at radius 1 is 1.24 bits per heavy atom. The summed E-state index contributed by atoms with van der Waals surface area (Å²) in [6.07, 6.45) is 3.24. The average molecular weight is 327 g/mol. The molecule has 114 valence electrons. The fraction of sp³-hybridized carbons (Fsp3) is 0.562. The number of nitrogens with one attached hydrogen (secondary N) is 1. The molecule has 5 heteroatoms. The molecule has 2 fully saturated rings. The van der Waals surface area contributed by atoms with Gasteiger partial charge in [-0.25, -0.2) is 0 Å². The number of rotatable bonds is 5. The van der Waals surface area contributed by atoms with E-state index in [1.54, 1.807) is 0 Å². The van der Waals surface area contributed by atoms with Gasteiger partial charge in [-0.05, 0) is 43.9 Å². The standard InChI is InChI=1S/C16H20Cl2N2O/c17-14-2-1-3-15(18)13(14)10-20-7-6-11(9-20)8-19-16(21)12-4-5-12/h1-3,11-12H,4-10H2,(H,19,21)/t11-/m1/s1. The van der Waals surface area contributed by atoms with Crippen molar-refractivity contribution in [1.82, 2.24) is 10.2 Å². The number of hydrogen-bond donors (Lipinski definition) is 1. The first kappa shape index (κ1) is 15.1. The molecule has 2 aliphatic rings. The third-order valence-electron chi connectivity index (χ3n) is 4.33. The Bertz CT molecular complexity index is 511. The number of halogens is 2. The summed E-state index contributed by atoms with van der Waals surface area (Å²) in [6.45, 7) is 3.60. The molecule has 1 aliphatic heterocycles. The van der Waals surface area contributed by atoms with Crippen molar-refractivity contribution < 1.29 is 4.79 Å². The minimum atomic E-state index is 0.239. The third kappa shape index (κ3) is 3.91. The van der Waals surface area contributed by atoms with Crippen LogP contribution in [0.15, 0.2) is 18.2 Å². The van der Waals surface area contributed by atoms with Gasteiger partial charge in [0, 0.05) is 41.2 Å². The summed E-state index contributed by atoms with van der Waals surface area (Å²) in [7, 11) is 0. The van der Waals surface area contributed by atoms with Crippen LogP contribution in [0.3, 0.4) is 0 Å². The van der Waals surface area contributed by atoms with Gasteiger partial charge in [-0.15, -0.1) is 0 Å². The number of amides is 1. The van der Waals surface area contributed by atoms with E-state index in [0.29, 0.717) is 11.8 Å². The fourth-order valence-electron chi connectivity index (χ4n) is 2.86. The predicted molar refractivity (Wildman–Crippen MR) is 85.6 cm³/mol. The van der Waals surface area contributed by atoms with E-state index in [2.05, 4.69) is 10.2 Å². The molecule has 1 aromatic carbocycles. The van der Waals surface area contributed by atoms with Gasteiger partial charge in [-0.1, -0.05) is 29.3 Å². The second-order valence-corrected chi connectivity index (χ2v) is 6.92. The first-order valence-electron chi connectivity index (χ1n) is 7.56. The van der Waals surface area contributed by atoms with Gasteiger partial charge >= 0.3 is 0 Å². The zero-order valence-corrected chi connectivity index (χ0v) is 13.5. The molecular formula is C16H20Cl2N2O. The predicted octanol–water partition coefficient (Wildman–Crippen LogP) is 3.34. The van der Waals surface area contributed by atoms with Gasteiger partial charge in [0.2, 0.25) is 5.91 Å². The molecule has 3 nitrogen and oxygen atoms in total. The van der Waals surface area contributed by atoms with E-state index in [-0.39, 0.29) is 5.91 Å². The Morgan fingerprint density at radius 2 is 1.95 bits per heavy atom.